The maximum Gasteiger partial charge on any atom is -0.0169 e. The number of hydrogen-bond acceptors (Lipinski definition) is 0. The molecule has 0 aromatic heterocycles. The van der Waals surface area contributed by atoms with E-state index in [0.717, 1.165) is 12.8 Å². The summed E-state index contributed by atoms with van der Waals surface area (Å²) >= 11 is 0. The lowest BCUT2D eigenvalue weighted by molar-refractivity contribution is 1.20. The predicted octanol–water partition coefficient (Wildman–Crippen LogP) is 2.92. The summed E-state index contributed by atoms with van der Waals surface area (Å²) in [6.45, 7) is 4.19. The minimum Gasteiger partial charge on any atom is -0.0914 e. The quantitative estimate of drug-likeness (QED) is 0.490. The van der Waals surface area contributed by atoms with Gasteiger partial charge in [0.2, 0.25) is 0 Å². The van der Waals surface area contributed by atoms with Crippen LogP contribution in [0.5, 0.6) is 0 Å². The van der Waals surface area contributed by atoms with Gasteiger partial charge in [-0.15, -0.1) is 0 Å². The van der Waals surface area contributed by atoms with Crippen LogP contribution in [0.1, 0.15) is 26.7 Å². The van der Waals surface area contributed by atoms with Crippen LogP contribution in [0.15, 0.2) is 24.3 Å². The Kier molecular flexibility index (Phi) is 6.06. The molecule has 0 radical (unpaired) electrons. The van der Waals surface area contributed by atoms with Gasteiger partial charge >= 0.3 is 0 Å². The Morgan fingerprint density at radius 1 is 1.12 bits per heavy atom. The molecule has 8 heavy (non-hydrogen) atoms. The largest absolute Gasteiger partial charge is 0.0914 e. The predicted molar refractivity (Wildman–Crippen MR) is 38.9 cm³/mol. The SMILES string of the molecule is C/C=C\CC=CCC. The molecule has 0 atom stereocenters. The molecule has 46 valence electrons. The lowest BCUT2D eigenvalue weighted by atomic mass is 10.3. The van der Waals surface area contributed by atoms with Gasteiger partial charge in [0, 0.05) is 0 Å². The van der Waals surface area contributed by atoms with Crippen LogP contribution in [0.2, 0.25) is 0 Å². The molecule has 0 N–H and O–H groups in total. The molecule has 0 aromatic carbocycles. The van der Waals surface area contributed by atoms with E-state index in [0.29, 0.717) is 0 Å². The third kappa shape index (κ3) is 5.48. The van der Waals surface area contributed by atoms with Gasteiger partial charge in [0.05, 0.1) is 0 Å². The van der Waals surface area contributed by atoms with Gasteiger partial charge in [-0.25, -0.2) is 0 Å². The molecule has 0 heteroatoms. The van der Waals surface area contributed by atoms with Crippen molar-refractivity contribution in [2.75, 3.05) is 0 Å². The fourth-order valence-electron chi connectivity index (χ4n) is 0.478. The highest BCUT2D eigenvalue weighted by Crippen LogP contribution is 1.86. The van der Waals surface area contributed by atoms with Crippen molar-refractivity contribution in [3.05, 3.63) is 24.3 Å². The summed E-state index contributed by atoms with van der Waals surface area (Å²) in [5, 5.41) is 0. The van der Waals surface area contributed by atoms with Crippen molar-refractivity contribution in [3.63, 3.8) is 0 Å². The molecule has 0 aliphatic heterocycles. The molecule has 0 aromatic rings. The highest BCUT2D eigenvalue weighted by Gasteiger charge is 1.65. The zero-order valence-electron chi connectivity index (χ0n) is 5.72. The van der Waals surface area contributed by atoms with Gasteiger partial charge < -0.3 is 0 Å². The average molecular weight is 110 g/mol. The van der Waals surface area contributed by atoms with Crippen molar-refractivity contribution < 1.29 is 0 Å². The topological polar surface area (TPSA) is 0 Å². The molecule has 0 unspecified atom stereocenters. The van der Waals surface area contributed by atoms with E-state index in [-0.39, 0.29) is 0 Å². The molecule has 0 spiro atoms. The van der Waals surface area contributed by atoms with Gasteiger partial charge in [0.25, 0.3) is 0 Å². The molecule has 0 nitrogen and oxygen atoms in total. The molecule has 0 aliphatic carbocycles. The van der Waals surface area contributed by atoms with Crippen molar-refractivity contribution in [3.8, 4) is 0 Å². The first-order chi connectivity index (χ1) is 3.91. The normalized spacial score (nSPS) is 11.8. The second-order valence-corrected chi connectivity index (χ2v) is 1.68. The van der Waals surface area contributed by atoms with E-state index in [1.165, 1.54) is 0 Å². The van der Waals surface area contributed by atoms with Crippen molar-refractivity contribution >= 4 is 0 Å². The van der Waals surface area contributed by atoms with E-state index >= 15 is 0 Å². The van der Waals surface area contributed by atoms with Crippen LogP contribution in [0, 0.1) is 0 Å². The molecule has 0 heterocycles. The average Bonchev–Trinajstić information content (AvgIpc) is 1.81. The van der Waals surface area contributed by atoms with E-state index in [2.05, 4.69) is 31.2 Å². The van der Waals surface area contributed by atoms with Gasteiger partial charge in [0.1, 0.15) is 0 Å². The van der Waals surface area contributed by atoms with E-state index in [9.17, 15) is 0 Å². The Morgan fingerprint density at radius 3 is 2.38 bits per heavy atom. The molecule has 0 saturated carbocycles. The van der Waals surface area contributed by atoms with Crippen LogP contribution < -0.4 is 0 Å². The monoisotopic (exact) mass is 110 g/mol. The molecule has 0 fully saturated rings. The Bertz CT molecular complexity index is 78.0. The van der Waals surface area contributed by atoms with Crippen LogP contribution >= 0.6 is 0 Å². The van der Waals surface area contributed by atoms with Crippen molar-refractivity contribution in [2.45, 2.75) is 26.7 Å². The highest BCUT2D eigenvalue weighted by atomic mass is 13.7. The zero-order chi connectivity index (χ0) is 6.24. The molecule has 0 saturated heterocycles. The smallest absolute Gasteiger partial charge is 0.0169 e. The first-order valence-electron chi connectivity index (χ1n) is 3.18. The molecule has 0 amide bonds. The number of allylic oxidation sites excluding steroid dienone is 4. The third-order valence-corrected chi connectivity index (χ3v) is 0.910. The van der Waals surface area contributed by atoms with Gasteiger partial charge in [-0.3, -0.25) is 0 Å². The van der Waals surface area contributed by atoms with Crippen LogP contribution in [0.4, 0.5) is 0 Å². The van der Waals surface area contributed by atoms with Gasteiger partial charge in [0.15, 0.2) is 0 Å². The van der Waals surface area contributed by atoms with E-state index < -0.39 is 0 Å². The zero-order valence-corrected chi connectivity index (χ0v) is 5.72. The van der Waals surface area contributed by atoms with E-state index in [4.69, 9.17) is 0 Å². The summed E-state index contributed by atoms with van der Waals surface area (Å²) in [6.07, 6.45) is 10.8. The van der Waals surface area contributed by atoms with Crippen molar-refractivity contribution in [2.24, 2.45) is 0 Å². The highest BCUT2D eigenvalue weighted by molar-refractivity contribution is 4.90. The summed E-state index contributed by atoms with van der Waals surface area (Å²) < 4.78 is 0. The fourth-order valence-corrected chi connectivity index (χ4v) is 0.478. The third-order valence-electron chi connectivity index (χ3n) is 0.910. The second-order valence-electron chi connectivity index (χ2n) is 1.68. The lowest BCUT2D eigenvalue weighted by Crippen LogP contribution is -1.56. The second kappa shape index (κ2) is 6.48. The van der Waals surface area contributed by atoms with Crippen LogP contribution in [0.25, 0.3) is 0 Å². The molecule has 0 aliphatic rings. The molecular formula is C8H14. The summed E-state index contributed by atoms with van der Waals surface area (Å²) in [7, 11) is 0. The van der Waals surface area contributed by atoms with Crippen molar-refractivity contribution in [1.82, 2.24) is 0 Å². The van der Waals surface area contributed by atoms with Gasteiger partial charge in [-0.2, -0.15) is 0 Å². The van der Waals surface area contributed by atoms with Crippen molar-refractivity contribution in [1.29, 1.82) is 0 Å². The molecular weight excluding hydrogens is 96.1 g/mol. The van der Waals surface area contributed by atoms with Crippen LogP contribution in [-0.2, 0) is 0 Å². The maximum atomic E-state index is 2.18. The summed E-state index contributed by atoms with van der Waals surface area (Å²) in [5.74, 6) is 0. The van der Waals surface area contributed by atoms with E-state index in [1.807, 2.05) is 6.92 Å². The minimum atomic E-state index is 1.09. The maximum absolute atomic E-state index is 2.18. The molecule has 0 bridgehead atoms. The number of rotatable bonds is 3. The Balaban J connectivity index is 3.03. The number of hydrogen-bond donors (Lipinski definition) is 0. The van der Waals surface area contributed by atoms with Gasteiger partial charge in [-0.1, -0.05) is 31.2 Å². The van der Waals surface area contributed by atoms with E-state index in [1.54, 1.807) is 0 Å². The summed E-state index contributed by atoms with van der Waals surface area (Å²) in [5.41, 5.74) is 0. The Labute approximate surface area is 51.9 Å². The Hall–Kier alpha value is -0.520. The van der Waals surface area contributed by atoms with Gasteiger partial charge in [-0.05, 0) is 19.8 Å². The standard InChI is InChI=1S/C8H14/c1-3-5-7-8-6-4-2/h3,5-6,8H,4,7H2,1-2H3/b5-3-,8-6?. The van der Waals surface area contributed by atoms with Crippen LogP contribution in [-0.4, -0.2) is 0 Å². The summed E-state index contributed by atoms with van der Waals surface area (Å²) in [6, 6.07) is 0. The lowest BCUT2D eigenvalue weighted by Gasteiger charge is -1.77. The fraction of sp³-hybridized carbons (Fsp3) is 0.500. The first-order valence-corrected chi connectivity index (χ1v) is 3.18. The van der Waals surface area contributed by atoms with Crippen LogP contribution in [0.3, 0.4) is 0 Å². The molecule has 0 rings (SSSR count). The Morgan fingerprint density at radius 2 is 1.88 bits per heavy atom. The first kappa shape index (κ1) is 7.48. The summed E-state index contributed by atoms with van der Waals surface area (Å²) in [4.78, 5) is 0. The minimum absolute atomic E-state index is 1.09.